The number of hydrogen-bond acceptors (Lipinski definition) is 2. The van der Waals surface area contributed by atoms with Crippen molar-refractivity contribution in [3.63, 3.8) is 0 Å². The van der Waals surface area contributed by atoms with Gasteiger partial charge in [-0.2, -0.15) is 0 Å². The molecule has 1 rings (SSSR count). The van der Waals surface area contributed by atoms with Crippen molar-refractivity contribution in [1.29, 1.82) is 0 Å². The molecule has 0 spiro atoms. The Labute approximate surface area is 173 Å². The summed E-state index contributed by atoms with van der Waals surface area (Å²) in [6.07, 6.45) is 23.5. The maximum absolute atomic E-state index is 9.76. The zero-order chi connectivity index (χ0) is 20.3. The largest absolute Gasteiger partial charge is 0.493 e. The van der Waals surface area contributed by atoms with Crippen LogP contribution in [0.15, 0.2) is 55.2 Å². The van der Waals surface area contributed by atoms with Crippen LogP contribution in [0.4, 0.5) is 0 Å². The van der Waals surface area contributed by atoms with E-state index >= 15 is 0 Å². The van der Waals surface area contributed by atoms with Gasteiger partial charge in [-0.05, 0) is 56.6 Å². The van der Waals surface area contributed by atoms with Gasteiger partial charge < -0.3 is 9.84 Å². The van der Waals surface area contributed by atoms with Gasteiger partial charge in [0.2, 0.25) is 0 Å². The average molecular weight is 385 g/mol. The van der Waals surface area contributed by atoms with Crippen molar-refractivity contribution in [2.24, 2.45) is 0 Å². The highest BCUT2D eigenvalue weighted by Gasteiger charge is 2.08. The molecule has 1 aromatic carbocycles. The molecule has 0 unspecified atom stereocenters. The zero-order valence-corrected chi connectivity index (χ0v) is 17.9. The van der Waals surface area contributed by atoms with Gasteiger partial charge in [0.05, 0.1) is 13.2 Å². The van der Waals surface area contributed by atoms with Crippen LogP contribution in [0.5, 0.6) is 5.75 Å². The number of hydrogen-bond donors (Lipinski definition) is 1. The molecule has 0 saturated carbocycles. The Hall–Kier alpha value is -1.80. The second-order valence-electron chi connectivity index (χ2n) is 7.26. The number of benzene rings is 1. The Morgan fingerprint density at radius 2 is 1.68 bits per heavy atom. The van der Waals surface area contributed by atoms with E-state index in [1.807, 2.05) is 12.1 Å². The molecular weight excluding hydrogens is 344 g/mol. The fourth-order valence-corrected chi connectivity index (χ4v) is 3.18. The summed E-state index contributed by atoms with van der Waals surface area (Å²) in [5.41, 5.74) is 2.22. The van der Waals surface area contributed by atoms with Crippen molar-refractivity contribution in [2.75, 3.05) is 6.61 Å². The number of unbranched alkanes of at least 4 members (excludes halogenated alkanes) is 6. The predicted molar refractivity (Wildman–Crippen MR) is 122 cm³/mol. The zero-order valence-electron chi connectivity index (χ0n) is 17.9. The van der Waals surface area contributed by atoms with E-state index in [2.05, 4.69) is 49.9 Å². The summed E-state index contributed by atoms with van der Waals surface area (Å²) in [5, 5.41) is 9.76. The highest BCUT2D eigenvalue weighted by Crippen LogP contribution is 2.24. The van der Waals surface area contributed by atoms with Crippen molar-refractivity contribution >= 4 is 0 Å². The van der Waals surface area contributed by atoms with Crippen LogP contribution < -0.4 is 4.74 Å². The van der Waals surface area contributed by atoms with E-state index in [4.69, 9.17) is 4.74 Å². The third-order valence-corrected chi connectivity index (χ3v) is 4.87. The maximum atomic E-state index is 9.76. The Morgan fingerprint density at radius 1 is 0.929 bits per heavy atom. The first-order chi connectivity index (χ1) is 13.8. The van der Waals surface area contributed by atoms with Crippen LogP contribution in [-0.4, -0.2) is 11.7 Å². The molecule has 2 heteroatoms. The molecule has 0 saturated heterocycles. The molecule has 156 valence electrons. The lowest BCUT2D eigenvalue weighted by atomic mass is 10.00. The van der Waals surface area contributed by atoms with Crippen LogP contribution in [0, 0.1) is 0 Å². The third-order valence-electron chi connectivity index (χ3n) is 4.87. The first-order valence-corrected chi connectivity index (χ1v) is 11.1. The van der Waals surface area contributed by atoms with Crippen LogP contribution in [0.25, 0.3) is 0 Å². The SMILES string of the molecule is C=CC/C=C\C/C=C\CCCCCCCc1cccc(OCCCC)c1CO. The van der Waals surface area contributed by atoms with Crippen LogP contribution in [0.2, 0.25) is 0 Å². The molecule has 0 amide bonds. The molecule has 1 N–H and O–H groups in total. The second-order valence-corrected chi connectivity index (χ2v) is 7.26. The predicted octanol–water partition coefficient (Wildman–Crippen LogP) is 7.32. The van der Waals surface area contributed by atoms with Gasteiger partial charge in [-0.25, -0.2) is 0 Å². The van der Waals surface area contributed by atoms with Gasteiger partial charge in [0, 0.05) is 5.56 Å². The van der Waals surface area contributed by atoms with Gasteiger partial charge in [0.25, 0.3) is 0 Å². The number of allylic oxidation sites excluding steroid dienone is 5. The van der Waals surface area contributed by atoms with Gasteiger partial charge in [0.15, 0.2) is 0 Å². The molecule has 0 aliphatic rings. The van der Waals surface area contributed by atoms with E-state index in [0.29, 0.717) is 0 Å². The highest BCUT2D eigenvalue weighted by molar-refractivity contribution is 5.40. The minimum absolute atomic E-state index is 0.0622. The van der Waals surface area contributed by atoms with Gasteiger partial charge >= 0.3 is 0 Å². The minimum atomic E-state index is 0.0622. The molecule has 0 atom stereocenters. The summed E-state index contributed by atoms with van der Waals surface area (Å²) >= 11 is 0. The van der Waals surface area contributed by atoms with E-state index in [0.717, 1.165) is 50.0 Å². The van der Waals surface area contributed by atoms with Crippen LogP contribution >= 0.6 is 0 Å². The minimum Gasteiger partial charge on any atom is -0.493 e. The van der Waals surface area contributed by atoms with Crippen molar-refractivity contribution < 1.29 is 9.84 Å². The number of rotatable bonds is 17. The summed E-state index contributed by atoms with van der Waals surface area (Å²) in [5.74, 6) is 0.861. The molecule has 0 aromatic heterocycles. The average Bonchev–Trinajstić information content (AvgIpc) is 2.71. The molecular formula is C26H40O2. The highest BCUT2D eigenvalue weighted by atomic mass is 16.5. The van der Waals surface area contributed by atoms with E-state index in [1.165, 1.54) is 44.1 Å². The van der Waals surface area contributed by atoms with Crippen molar-refractivity contribution in [3.8, 4) is 5.75 Å². The van der Waals surface area contributed by atoms with Gasteiger partial charge in [-0.3, -0.25) is 0 Å². The monoisotopic (exact) mass is 384 g/mol. The van der Waals surface area contributed by atoms with E-state index < -0.39 is 0 Å². The molecule has 0 fully saturated rings. The quantitative estimate of drug-likeness (QED) is 0.225. The molecule has 0 radical (unpaired) electrons. The summed E-state index contributed by atoms with van der Waals surface area (Å²) in [7, 11) is 0. The first-order valence-electron chi connectivity index (χ1n) is 11.1. The lowest BCUT2D eigenvalue weighted by molar-refractivity contribution is 0.259. The fourth-order valence-electron chi connectivity index (χ4n) is 3.18. The maximum Gasteiger partial charge on any atom is 0.125 e. The Balaban J connectivity index is 2.18. The molecule has 0 heterocycles. The number of aliphatic hydroxyl groups excluding tert-OH is 1. The van der Waals surface area contributed by atoms with Crippen LogP contribution in [-0.2, 0) is 13.0 Å². The first kappa shape index (κ1) is 24.2. The van der Waals surface area contributed by atoms with E-state index in [1.54, 1.807) is 0 Å². The molecule has 1 aromatic rings. The van der Waals surface area contributed by atoms with E-state index in [9.17, 15) is 5.11 Å². The fraction of sp³-hybridized carbons (Fsp3) is 0.538. The number of aliphatic hydroxyl groups is 1. The Bertz CT molecular complexity index is 572. The van der Waals surface area contributed by atoms with Crippen molar-refractivity contribution in [1.82, 2.24) is 0 Å². The summed E-state index contributed by atoms with van der Waals surface area (Å²) < 4.78 is 5.85. The summed E-state index contributed by atoms with van der Waals surface area (Å²) in [6, 6.07) is 6.16. The van der Waals surface area contributed by atoms with Crippen molar-refractivity contribution in [3.05, 3.63) is 66.3 Å². The third kappa shape index (κ3) is 11.1. The summed E-state index contributed by atoms with van der Waals surface area (Å²) in [4.78, 5) is 0. The van der Waals surface area contributed by atoms with E-state index in [-0.39, 0.29) is 6.61 Å². The summed E-state index contributed by atoms with van der Waals surface area (Å²) in [6.45, 7) is 6.66. The van der Waals surface area contributed by atoms with Gasteiger partial charge in [0.1, 0.15) is 5.75 Å². The van der Waals surface area contributed by atoms with Gasteiger partial charge in [-0.15, -0.1) is 6.58 Å². The topological polar surface area (TPSA) is 29.5 Å². The Morgan fingerprint density at radius 3 is 2.46 bits per heavy atom. The van der Waals surface area contributed by atoms with Crippen LogP contribution in [0.1, 0.15) is 82.3 Å². The second kappa shape index (κ2) is 17.3. The van der Waals surface area contributed by atoms with Gasteiger partial charge in [-0.1, -0.05) is 75.1 Å². The molecule has 0 aliphatic carbocycles. The normalized spacial score (nSPS) is 11.5. The smallest absolute Gasteiger partial charge is 0.125 e. The lowest BCUT2D eigenvalue weighted by Crippen LogP contribution is -2.03. The number of ether oxygens (including phenoxy) is 1. The Kier molecular flexibility index (Phi) is 15.0. The van der Waals surface area contributed by atoms with Crippen LogP contribution in [0.3, 0.4) is 0 Å². The molecule has 0 aliphatic heterocycles. The standard InChI is InChI=1S/C26H40O2/c1-3-5-7-8-9-10-11-12-13-14-15-16-17-19-24-20-18-21-26(25(24)23-27)28-22-6-4-2/h3,7-8,10-11,18,20-21,27H,1,4-6,9,12-17,19,22-23H2,2H3/b8-7-,11-10-. The van der Waals surface area contributed by atoms with Crippen molar-refractivity contribution in [2.45, 2.75) is 84.2 Å². The molecule has 2 nitrogen and oxygen atoms in total. The molecule has 0 bridgehead atoms. The lowest BCUT2D eigenvalue weighted by Gasteiger charge is -2.14. The molecule has 28 heavy (non-hydrogen) atoms. The number of aryl methyl sites for hydroxylation is 1.